The van der Waals surface area contributed by atoms with Crippen molar-refractivity contribution in [1.82, 2.24) is 0 Å². The van der Waals surface area contributed by atoms with Crippen molar-refractivity contribution in [1.29, 1.82) is 0 Å². The van der Waals surface area contributed by atoms with Gasteiger partial charge in [-0.25, -0.2) is 0 Å². The van der Waals surface area contributed by atoms with Crippen molar-refractivity contribution in [3.05, 3.63) is 0 Å². The summed E-state index contributed by atoms with van der Waals surface area (Å²) >= 11 is 7.70. The van der Waals surface area contributed by atoms with E-state index in [0.717, 1.165) is 0 Å². The molecule has 0 aromatic rings. The Morgan fingerprint density at radius 1 is 1.33 bits per heavy atom. The number of aliphatic carboxylic acids is 1. The van der Waals surface area contributed by atoms with E-state index < -0.39 is 11.9 Å². The number of hydrogen-bond donors (Lipinski definition) is 3. The summed E-state index contributed by atoms with van der Waals surface area (Å²) in [6.45, 7) is 0.0880. The fourth-order valence-corrected chi connectivity index (χ4v) is 0.598. The van der Waals surface area contributed by atoms with E-state index in [0.29, 0.717) is 0 Å². The lowest BCUT2D eigenvalue weighted by Crippen LogP contribution is -2.11. The van der Waals surface area contributed by atoms with Crippen molar-refractivity contribution in [3.8, 4) is 0 Å². The fourth-order valence-electron chi connectivity index (χ4n) is 0.449. The van der Waals surface area contributed by atoms with Crippen molar-refractivity contribution in [3.63, 3.8) is 0 Å². The van der Waals surface area contributed by atoms with Gasteiger partial charge >= 0.3 is 11.9 Å². The molecule has 0 aliphatic heterocycles. The molecular weight excluding hydrogens is 200 g/mol. The molecule has 0 aromatic heterocycles. The molecule has 12 heavy (non-hydrogen) atoms. The summed E-state index contributed by atoms with van der Waals surface area (Å²) in [5.41, 5.74) is 0. The number of rotatable bonds is 5. The molecule has 0 amide bonds. The minimum Gasteiger partial charge on any atom is -0.481 e. The zero-order valence-electron chi connectivity index (χ0n) is 6.27. The van der Waals surface area contributed by atoms with Gasteiger partial charge in [-0.3, -0.25) is 9.59 Å². The molecule has 0 aromatic carbocycles. The van der Waals surface area contributed by atoms with Gasteiger partial charge in [-0.15, -0.1) is 0 Å². The lowest BCUT2D eigenvalue weighted by atomic mass is 10.3. The number of hydrogen-bond acceptors (Lipinski definition) is 5. The van der Waals surface area contributed by atoms with Crippen LogP contribution in [-0.4, -0.2) is 28.2 Å². The van der Waals surface area contributed by atoms with Crippen LogP contribution in [0, 0.1) is 0 Å². The first-order chi connectivity index (χ1) is 5.52. The SMILES string of the molecule is O=C(O)CCC(=O)OCC(S)S. The number of carboxylic acids is 1. The summed E-state index contributed by atoms with van der Waals surface area (Å²) in [7, 11) is 0. The van der Waals surface area contributed by atoms with Crippen LogP contribution in [0.5, 0.6) is 0 Å². The van der Waals surface area contributed by atoms with Crippen molar-refractivity contribution < 1.29 is 19.4 Å². The lowest BCUT2D eigenvalue weighted by Gasteiger charge is -2.04. The highest BCUT2D eigenvalue weighted by Gasteiger charge is 2.07. The summed E-state index contributed by atoms with van der Waals surface area (Å²) in [5, 5.41) is 8.20. The van der Waals surface area contributed by atoms with Gasteiger partial charge in [0.2, 0.25) is 0 Å². The third kappa shape index (κ3) is 7.74. The van der Waals surface area contributed by atoms with E-state index in [-0.39, 0.29) is 24.0 Å². The van der Waals surface area contributed by atoms with Crippen molar-refractivity contribution in [2.45, 2.75) is 17.4 Å². The molecular formula is C6H10O4S2. The van der Waals surface area contributed by atoms with Gasteiger partial charge in [-0.1, -0.05) is 0 Å². The van der Waals surface area contributed by atoms with Gasteiger partial charge in [0.15, 0.2) is 0 Å². The van der Waals surface area contributed by atoms with Crippen molar-refractivity contribution in [2.75, 3.05) is 6.61 Å². The molecule has 0 atom stereocenters. The molecule has 0 aliphatic carbocycles. The average Bonchev–Trinajstić information content (AvgIpc) is 1.96. The van der Waals surface area contributed by atoms with Gasteiger partial charge in [0.05, 0.1) is 17.4 Å². The molecule has 0 heterocycles. The Labute approximate surface area is 81.1 Å². The molecule has 0 saturated heterocycles. The van der Waals surface area contributed by atoms with E-state index in [2.05, 4.69) is 30.0 Å². The summed E-state index contributed by atoms with van der Waals surface area (Å²) in [6, 6.07) is 0. The van der Waals surface area contributed by atoms with Crippen LogP contribution >= 0.6 is 25.3 Å². The highest BCUT2D eigenvalue weighted by atomic mass is 32.2. The van der Waals surface area contributed by atoms with Gasteiger partial charge in [0.1, 0.15) is 6.61 Å². The quantitative estimate of drug-likeness (QED) is 0.353. The molecule has 4 nitrogen and oxygen atoms in total. The van der Waals surface area contributed by atoms with E-state index >= 15 is 0 Å². The van der Waals surface area contributed by atoms with Gasteiger partial charge in [0.25, 0.3) is 0 Å². The molecule has 0 radical (unpaired) electrons. The summed E-state index contributed by atoms with van der Waals surface area (Å²) in [6.07, 6.45) is -0.313. The molecule has 0 saturated carbocycles. The van der Waals surface area contributed by atoms with Gasteiger partial charge in [-0.2, -0.15) is 25.3 Å². The Bertz CT molecular complexity index is 169. The Balaban J connectivity index is 3.40. The van der Waals surface area contributed by atoms with E-state index in [1.807, 2.05) is 0 Å². The monoisotopic (exact) mass is 210 g/mol. The Hall–Kier alpha value is -0.360. The van der Waals surface area contributed by atoms with Crippen molar-refractivity contribution in [2.24, 2.45) is 0 Å². The van der Waals surface area contributed by atoms with Crippen LogP contribution in [0.1, 0.15) is 12.8 Å². The molecule has 0 bridgehead atoms. The van der Waals surface area contributed by atoms with Gasteiger partial charge < -0.3 is 9.84 Å². The molecule has 0 spiro atoms. The number of carbonyl (C=O) groups is 2. The second-order valence-corrected chi connectivity index (χ2v) is 3.71. The number of ether oxygens (including phenoxy) is 1. The van der Waals surface area contributed by atoms with Crippen LogP contribution in [0.4, 0.5) is 0 Å². The highest BCUT2D eigenvalue weighted by molar-refractivity contribution is 7.99. The Kier molecular flexibility index (Phi) is 6.00. The normalized spacial score (nSPS) is 9.92. The van der Waals surface area contributed by atoms with Gasteiger partial charge in [-0.05, 0) is 0 Å². The predicted molar refractivity (Wildman–Crippen MR) is 49.6 cm³/mol. The standard InChI is InChI=1S/C6H10O4S2/c7-4(8)1-2-5(9)10-3-6(11)12/h6,11-12H,1-3H2,(H,7,8). The number of esters is 1. The van der Waals surface area contributed by atoms with Crippen LogP contribution in [0.3, 0.4) is 0 Å². The Morgan fingerprint density at radius 3 is 2.33 bits per heavy atom. The fraction of sp³-hybridized carbons (Fsp3) is 0.667. The van der Waals surface area contributed by atoms with E-state index in [1.54, 1.807) is 0 Å². The maximum Gasteiger partial charge on any atom is 0.306 e. The molecule has 6 heteroatoms. The molecule has 0 aliphatic rings. The predicted octanol–water partition coefficient (Wildman–Crippen LogP) is 0.580. The zero-order valence-corrected chi connectivity index (χ0v) is 8.05. The molecule has 1 N–H and O–H groups in total. The maximum absolute atomic E-state index is 10.7. The third-order valence-electron chi connectivity index (χ3n) is 0.936. The number of carboxylic acid groups (broad SMARTS) is 1. The van der Waals surface area contributed by atoms with E-state index in [4.69, 9.17) is 5.11 Å². The van der Waals surface area contributed by atoms with Crippen LogP contribution in [0.15, 0.2) is 0 Å². The van der Waals surface area contributed by atoms with Gasteiger partial charge in [0, 0.05) is 0 Å². The van der Waals surface area contributed by atoms with E-state index in [9.17, 15) is 9.59 Å². The molecule has 0 unspecified atom stereocenters. The second-order valence-electron chi connectivity index (χ2n) is 2.06. The molecule has 0 rings (SSSR count). The third-order valence-corrected chi connectivity index (χ3v) is 1.23. The number of carbonyl (C=O) groups excluding carboxylic acids is 1. The first-order valence-corrected chi connectivity index (χ1v) is 4.29. The second kappa shape index (κ2) is 6.19. The molecule has 0 fully saturated rings. The Morgan fingerprint density at radius 2 is 1.92 bits per heavy atom. The van der Waals surface area contributed by atoms with Crippen molar-refractivity contribution >= 4 is 37.2 Å². The topological polar surface area (TPSA) is 63.6 Å². The highest BCUT2D eigenvalue weighted by Crippen LogP contribution is 2.01. The smallest absolute Gasteiger partial charge is 0.306 e. The van der Waals surface area contributed by atoms with Crippen LogP contribution in [0.25, 0.3) is 0 Å². The average molecular weight is 210 g/mol. The summed E-state index contributed by atoms with van der Waals surface area (Å²) in [4.78, 5) is 20.7. The summed E-state index contributed by atoms with van der Waals surface area (Å²) in [5.74, 6) is -1.55. The largest absolute Gasteiger partial charge is 0.481 e. The van der Waals surface area contributed by atoms with Crippen LogP contribution in [-0.2, 0) is 14.3 Å². The minimum absolute atomic E-state index is 0.0880. The molecule has 70 valence electrons. The van der Waals surface area contributed by atoms with Crippen LogP contribution < -0.4 is 0 Å². The first-order valence-electron chi connectivity index (χ1n) is 3.26. The maximum atomic E-state index is 10.7. The zero-order chi connectivity index (χ0) is 9.56. The minimum atomic E-state index is -1.01. The first kappa shape index (κ1) is 11.6. The number of thiol groups is 2. The summed E-state index contributed by atoms with van der Waals surface area (Å²) < 4.78 is 4.28. The van der Waals surface area contributed by atoms with E-state index in [1.165, 1.54) is 0 Å². The van der Waals surface area contributed by atoms with Crippen LogP contribution in [0.2, 0.25) is 0 Å². The lowest BCUT2D eigenvalue weighted by molar-refractivity contribution is -0.147.